The molecule has 0 spiro atoms. The molecule has 0 aromatic carbocycles. The van der Waals surface area contributed by atoms with Gasteiger partial charge in [0.1, 0.15) is 19.3 Å². The summed E-state index contributed by atoms with van der Waals surface area (Å²) in [6, 6.07) is -0.887. The Balaban J connectivity index is 4.99. The molecule has 9 nitrogen and oxygen atoms in total. The molecule has 488 valence electrons. The van der Waals surface area contributed by atoms with Crippen molar-refractivity contribution in [3.05, 3.63) is 48.6 Å². The second-order valence-electron chi connectivity index (χ2n) is 25.7. The number of phosphoric ester groups is 1. The number of allylic oxidation sites excluding steroid dienone is 7. The van der Waals surface area contributed by atoms with Gasteiger partial charge in [-0.2, -0.15) is 0 Å². The third-order valence-electron chi connectivity index (χ3n) is 16.3. The second-order valence-corrected chi connectivity index (χ2v) is 27.2. The van der Waals surface area contributed by atoms with Crippen LogP contribution in [0.1, 0.15) is 355 Å². The summed E-state index contributed by atoms with van der Waals surface area (Å²) in [7, 11) is 1.20. The van der Waals surface area contributed by atoms with E-state index in [1.54, 1.807) is 0 Å². The standard InChI is InChI=1S/C73H139N2O7P/c1-7-10-13-16-19-22-25-27-29-31-33-35-36-37-38-40-42-44-46-48-51-54-57-60-63-66-73(77)82-71(64-61-58-55-52-49-24-21-18-15-12-9-3)70(69-81-83(78,79)80-68-67-75(4,5)6)74-72(76)65-62-59-56-53-50-47-45-43-41-39-34-32-30-28-26-23-20-17-14-11-8-2/h19,22,27,29,33,35,61,64,70-71H,7-18,20-21,23-26,28,30-32,34,36-60,62-63,65-69H2,1-6H3,(H-,74,76,78,79)/b22-19-,29-27-,35-33-,64-61+. The summed E-state index contributed by atoms with van der Waals surface area (Å²) in [4.78, 5) is 40.2. The maximum absolute atomic E-state index is 13.6. The predicted octanol–water partition coefficient (Wildman–Crippen LogP) is 22.2. The van der Waals surface area contributed by atoms with Crippen molar-refractivity contribution in [2.75, 3.05) is 40.9 Å². The molecule has 0 heterocycles. The van der Waals surface area contributed by atoms with E-state index >= 15 is 0 Å². The van der Waals surface area contributed by atoms with Crippen molar-refractivity contribution < 1.29 is 37.3 Å². The fourth-order valence-corrected chi connectivity index (χ4v) is 11.4. The minimum Gasteiger partial charge on any atom is -0.756 e. The lowest BCUT2D eigenvalue weighted by Crippen LogP contribution is -2.47. The van der Waals surface area contributed by atoms with E-state index in [1.165, 1.54) is 250 Å². The molecule has 0 saturated heterocycles. The molecule has 3 unspecified atom stereocenters. The average Bonchev–Trinajstić information content (AvgIpc) is 3.51. The van der Waals surface area contributed by atoms with Gasteiger partial charge in [-0.1, -0.05) is 320 Å². The van der Waals surface area contributed by atoms with Gasteiger partial charge in [0.05, 0.1) is 33.8 Å². The van der Waals surface area contributed by atoms with Crippen molar-refractivity contribution in [1.82, 2.24) is 5.32 Å². The van der Waals surface area contributed by atoms with Crippen LogP contribution in [0.4, 0.5) is 0 Å². The number of phosphoric acid groups is 1. The average molecular weight is 1190 g/mol. The lowest BCUT2D eigenvalue weighted by atomic mass is 10.0. The molecule has 0 aliphatic rings. The molecule has 0 bridgehead atoms. The van der Waals surface area contributed by atoms with Crippen LogP contribution in [-0.4, -0.2) is 69.4 Å². The van der Waals surface area contributed by atoms with Crippen LogP contribution in [0.2, 0.25) is 0 Å². The highest BCUT2D eigenvalue weighted by Gasteiger charge is 2.27. The summed E-state index contributed by atoms with van der Waals surface area (Å²) >= 11 is 0. The maximum atomic E-state index is 13.6. The monoisotopic (exact) mass is 1190 g/mol. The summed E-state index contributed by atoms with van der Waals surface area (Å²) in [6.07, 6.45) is 79.5. The summed E-state index contributed by atoms with van der Waals surface area (Å²) in [5, 5.41) is 3.05. The Bertz CT molecular complexity index is 1560. The minimum absolute atomic E-state index is 0.0205. The molecule has 0 aliphatic carbocycles. The number of hydrogen-bond donors (Lipinski definition) is 1. The lowest BCUT2D eigenvalue weighted by Gasteiger charge is -2.30. The molecular weight excluding hydrogens is 1050 g/mol. The van der Waals surface area contributed by atoms with E-state index in [0.29, 0.717) is 17.4 Å². The first-order chi connectivity index (χ1) is 40.4. The zero-order valence-electron chi connectivity index (χ0n) is 55.9. The van der Waals surface area contributed by atoms with E-state index in [9.17, 15) is 19.0 Å². The predicted molar refractivity (Wildman–Crippen MR) is 358 cm³/mol. The second kappa shape index (κ2) is 63.0. The molecule has 0 aromatic heterocycles. The number of rotatable bonds is 66. The molecule has 83 heavy (non-hydrogen) atoms. The van der Waals surface area contributed by atoms with Crippen molar-refractivity contribution >= 4 is 19.7 Å². The Morgan fingerprint density at radius 1 is 0.422 bits per heavy atom. The first-order valence-corrected chi connectivity index (χ1v) is 37.4. The first-order valence-electron chi connectivity index (χ1n) is 35.9. The normalized spacial score (nSPS) is 13.8. The van der Waals surface area contributed by atoms with Crippen LogP contribution in [-0.2, 0) is 27.9 Å². The molecule has 0 radical (unpaired) electrons. The van der Waals surface area contributed by atoms with Crippen molar-refractivity contribution in [3.63, 3.8) is 0 Å². The first kappa shape index (κ1) is 81.0. The number of nitrogens with one attached hydrogen (secondary N) is 1. The summed E-state index contributed by atoms with van der Waals surface area (Å²) < 4.78 is 30.4. The van der Waals surface area contributed by atoms with Gasteiger partial charge in [-0.15, -0.1) is 0 Å². The largest absolute Gasteiger partial charge is 0.756 e. The van der Waals surface area contributed by atoms with Crippen LogP contribution in [0.15, 0.2) is 48.6 Å². The molecule has 3 atom stereocenters. The number of carbonyl (C=O) groups excluding carboxylic acids is 2. The summed E-state index contributed by atoms with van der Waals surface area (Å²) in [6.45, 7) is 6.87. The van der Waals surface area contributed by atoms with Gasteiger partial charge in [0, 0.05) is 12.8 Å². The van der Waals surface area contributed by atoms with Crippen LogP contribution in [0.3, 0.4) is 0 Å². The number of unbranched alkanes of at least 4 members (excludes halogenated alkanes) is 44. The van der Waals surface area contributed by atoms with Gasteiger partial charge in [0.15, 0.2) is 0 Å². The Labute approximate surface area is 516 Å². The van der Waals surface area contributed by atoms with Crippen molar-refractivity contribution in [2.24, 2.45) is 0 Å². The van der Waals surface area contributed by atoms with Crippen LogP contribution >= 0.6 is 7.82 Å². The molecule has 0 aliphatic heterocycles. The Morgan fingerprint density at radius 3 is 1.12 bits per heavy atom. The van der Waals surface area contributed by atoms with E-state index in [1.807, 2.05) is 33.3 Å². The van der Waals surface area contributed by atoms with Crippen molar-refractivity contribution in [3.8, 4) is 0 Å². The zero-order valence-corrected chi connectivity index (χ0v) is 56.8. The summed E-state index contributed by atoms with van der Waals surface area (Å²) in [5.41, 5.74) is 0. The van der Waals surface area contributed by atoms with Crippen LogP contribution in [0.5, 0.6) is 0 Å². The van der Waals surface area contributed by atoms with Crippen molar-refractivity contribution in [2.45, 2.75) is 367 Å². The van der Waals surface area contributed by atoms with E-state index in [2.05, 4.69) is 62.5 Å². The van der Waals surface area contributed by atoms with Crippen LogP contribution in [0.25, 0.3) is 0 Å². The van der Waals surface area contributed by atoms with Gasteiger partial charge in [-0.3, -0.25) is 14.2 Å². The van der Waals surface area contributed by atoms with Gasteiger partial charge in [0.25, 0.3) is 7.82 Å². The fourth-order valence-electron chi connectivity index (χ4n) is 10.7. The number of amides is 1. The third-order valence-corrected chi connectivity index (χ3v) is 17.2. The quantitative estimate of drug-likeness (QED) is 0.0212. The Hall–Kier alpha value is -2.03. The number of nitrogens with zero attached hydrogens (tertiary/aromatic N) is 1. The zero-order chi connectivity index (χ0) is 60.7. The van der Waals surface area contributed by atoms with E-state index < -0.39 is 20.0 Å². The molecule has 10 heteroatoms. The number of quaternary nitrogens is 1. The number of hydrogen-bond acceptors (Lipinski definition) is 7. The summed E-state index contributed by atoms with van der Waals surface area (Å²) in [5.74, 6) is -0.526. The van der Waals surface area contributed by atoms with Gasteiger partial charge in [-0.05, 0) is 70.3 Å². The van der Waals surface area contributed by atoms with Gasteiger partial charge < -0.3 is 28.5 Å². The number of likely N-dealkylation sites (N-methyl/N-ethyl adjacent to an activating group) is 1. The molecule has 0 aromatic rings. The van der Waals surface area contributed by atoms with Gasteiger partial charge in [-0.25, -0.2) is 0 Å². The molecule has 1 N–H and O–H groups in total. The highest BCUT2D eigenvalue weighted by Crippen LogP contribution is 2.38. The highest BCUT2D eigenvalue weighted by atomic mass is 31.2. The van der Waals surface area contributed by atoms with E-state index in [4.69, 9.17) is 13.8 Å². The van der Waals surface area contributed by atoms with Crippen LogP contribution in [0, 0.1) is 0 Å². The molecule has 0 rings (SSSR count). The van der Waals surface area contributed by atoms with E-state index in [-0.39, 0.29) is 31.5 Å². The van der Waals surface area contributed by atoms with Crippen LogP contribution < -0.4 is 10.2 Å². The number of esters is 1. The minimum atomic E-state index is -4.70. The molecule has 1 amide bonds. The Kier molecular flexibility index (Phi) is 61.5. The fraction of sp³-hybridized carbons (Fsp3) is 0.863. The highest BCUT2D eigenvalue weighted by molar-refractivity contribution is 7.45. The Morgan fingerprint density at radius 2 is 0.735 bits per heavy atom. The van der Waals surface area contributed by atoms with Crippen molar-refractivity contribution in [1.29, 1.82) is 0 Å². The molecule has 0 fully saturated rings. The van der Waals surface area contributed by atoms with Gasteiger partial charge in [0.2, 0.25) is 5.91 Å². The lowest BCUT2D eigenvalue weighted by molar-refractivity contribution is -0.870. The number of ether oxygens (including phenoxy) is 1. The van der Waals surface area contributed by atoms with E-state index in [0.717, 1.165) is 70.6 Å². The number of carbonyl (C=O) groups is 2. The third kappa shape index (κ3) is 64.3. The van der Waals surface area contributed by atoms with Gasteiger partial charge >= 0.3 is 5.97 Å². The molecular formula is C73H139N2O7P. The molecule has 0 saturated carbocycles. The topological polar surface area (TPSA) is 114 Å². The smallest absolute Gasteiger partial charge is 0.306 e. The maximum Gasteiger partial charge on any atom is 0.306 e. The SMILES string of the molecule is CCCCC/C=C\C/C=C\C/C=C\CCCCCCCCCCCCCCC(=O)OC(/C=C/CCCCCCCCCCC)C(COP(=O)([O-])OCC[N+](C)(C)C)NC(=O)CCCCCCCCCCCCCCCCCCCCCCC.